The number of nitrogens with one attached hydrogen (secondary N) is 2. The van der Waals surface area contributed by atoms with Crippen molar-refractivity contribution < 1.29 is 24.1 Å². The number of anilines is 1. The number of methoxy groups -OCH3 is 1. The molecule has 32 heavy (non-hydrogen) atoms. The SMILES string of the molecule is CCCNC(=O)Nc1cccc(Oc2ccnc3cc(OCCCO)c(OC)cc23)c1Cl. The van der Waals surface area contributed by atoms with E-state index in [1.807, 2.05) is 6.92 Å². The van der Waals surface area contributed by atoms with E-state index >= 15 is 0 Å². The third-order valence-corrected chi connectivity index (χ3v) is 4.90. The molecule has 0 aliphatic rings. The lowest BCUT2D eigenvalue weighted by atomic mass is 10.1. The first kappa shape index (κ1) is 23.4. The third kappa shape index (κ3) is 5.72. The minimum atomic E-state index is -0.335. The Balaban J connectivity index is 1.89. The van der Waals surface area contributed by atoms with Crippen LogP contribution in [0.5, 0.6) is 23.0 Å². The van der Waals surface area contributed by atoms with Crippen LogP contribution < -0.4 is 24.8 Å². The van der Waals surface area contributed by atoms with Gasteiger partial charge in [0.2, 0.25) is 0 Å². The maximum absolute atomic E-state index is 12.0. The summed E-state index contributed by atoms with van der Waals surface area (Å²) in [6, 6.07) is 10.1. The number of hydrogen-bond acceptors (Lipinski definition) is 6. The van der Waals surface area contributed by atoms with Gasteiger partial charge < -0.3 is 30.0 Å². The highest BCUT2D eigenvalue weighted by Crippen LogP contribution is 2.40. The minimum absolute atomic E-state index is 0.0427. The summed E-state index contributed by atoms with van der Waals surface area (Å²) in [5.41, 5.74) is 1.08. The number of pyridine rings is 1. The molecule has 0 atom stereocenters. The van der Waals surface area contributed by atoms with Crippen molar-refractivity contribution in [2.45, 2.75) is 19.8 Å². The molecule has 1 heterocycles. The highest BCUT2D eigenvalue weighted by atomic mass is 35.5. The normalized spacial score (nSPS) is 10.6. The fraction of sp³-hybridized carbons (Fsp3) is 0.304. The standard InChI is InChI=1S/C23H26ClN3O5/c1-3-9-26-23(29)27-16-6-4-7-19(22(16)24)32-18-8-10-25-17-14-21(31-12-5-11-28)20(30-2)13-15(17)18/h4,6-8,10,13-14,28H,3,5,9,11-12H2,1-2H3,(H2,26,27,29). The molecule has 170 valence electrons. The highest BCUT2D eigenvalue weighted by molar-refractivity contribution is 6.35. The van der Waals surface area contributed by atoms with E-state index in [2.05, 4.69) is 15.6 Å². The average molecular weight is 460 g/mol. The summed E-state index contributed by atoms with van der Waals surface area (Å²) in [5.74, 6) is 1.95. The van der Waals surface area contributed by atoms with Crippen molar-refractivity contribution in [3.8, 4) is 23.0 Å². The molecule has 0 aliphatic carbocycles. The number of aliphatic hydroxyl groups is 1. The zero-order valence-corrected chi connectivity index (χ0v) is 18.7. The molecule has 3 rings (SSSR count). The van der Waals surface area contributed by atoms with Gasteiger partial charge in [0.05, 0.1) is 24.9 Å². The summed E-state index contributed by atoms with van der Waals surface area (Å²) in [6.45, 7) is 2.94. The van der Waals surface area contributed by atoms with E-state index in [1.165, 1.54) is 0 Å². The van der Waals surface area contributed by atoms with Gasteiger partial charge in [0.15, 0.2) is 11.5 Å². The number of halogens is 1. The Morgan fingerprint density at radius 1 is 1.16 bits per heavy atom. The first-order chi connectivity index (χ1) is 15.6. The van der Waals surface area contributed by atoms with E-state index in [1.54, 1.807) is 49.7 Å². The Hall–Kier alpha value is -3.23. The lowest BCUT2D eigenvalue weighted by Crippen LogP contribution is -2.29. The van der Waals surface area contributed by atoms with Crippen LogP contribution in [0.25, 0.3) is 10.9 Å². The molecule has 0 saturated carbocycles. The van der Waals surface area contributed by atoms with Crippen molar-refractivity contribution in [1.82, 2.24) is 10.3 Å². The van der Waals surface area contributed by atoms with E-state index in [-0.39, 0.29) is 17.7 Å². The van der Waals surface area contributed by atoms with E-state index in [0.29, 0.717) is 59.2 Å². The molecular formula is C23H26ClN3O5. The van der Waals surface area contributed by atoms with E-state index in [0.717, 1.165) is 6.42 Å². The largest absolute Gasteiger partial charge is 0.493 e. The fourth-order valence-corrected chi connectivity index (χ4v) is 3.16. The number of aromatic nitrogens is 1. The number of rotatable bonds is 10. The topological polar surface area (TPSA) is 102 Å². The van der Waals surface area contributed by atoms with Crippen molar-refractivity contribution in [2.24, 2.45) is 0 Å². The second kappa shape index (κ2) is 11.4. The van der Waals surface area contributed by atoms with Gasteiger partial charge in [-0.05, 0) is 30.7 Å². The number of aliphatic hydroxyl groups excluding tert-OH is 1. The van der Waals surface area contributed by atoms with Gasteiger partial charge >= 0.3 is 6.03 Å². The van der Waals surface area contributed by atoms with Crippen LogP contribution in [0.4, 0.5) is 10.5 Å². The molecule has 1 aromatic heterocycles. The summed E-state index contributed by atoms with van der Waals surface area (Å²) in [7, 11) is 1.55. The van der Waals surface area contributed by atoms with Gasteiger partial charge in [0, 0.05) is 37.2 Å². The Morgan fingerprint density at radius 2 is 2.00 bits per heavy atom. The molecular weight excluding hydrogens is 434 g/mol. The van der Waals surface area contributed by atoms with E-state index in [9.17, 15) is 4.79 Å². The zero-order chi connectivity index (χ0) is 22.9. The molecule has 0 spiro atoms. The van der Waals surface area contributed by atoms with Crippen molar-refractivity contribution in [3.63, 3.8) is 0 Å². The molecule has 0 saturated heterocycles. The van der Waals surface area contributed by atoms with Crippen LogP contribution in [-0.2, 0) is 0 Å². The summed E-state index contributed by atoms with van der Waals surface area (Å²) < 4.78 is 17.2. The first-order valence-corrected chi connectivity index (χ1v) is 10.7. The summed E-state index contributed by atoms with van der Waals surface area (Å²) >= 11 is 6.49. The van der Waals surface area contributed by atoms with Crippen LogP contribution in [0.3, 0.4) is 0 Å². The Labute approximate surface area is 191 Å². The van der Waals surface area contributed by atoms with Gasteiger partial charge in [-0.1, -0.05) is 24.6 Å². The number of amides is 2. The van der Waals surface area contributed by atoms with Crippen LogP contribution in [0.15, 0.2) is 42.6 Å². The van der Waals surface area contributed by atoms with Gasteiger partial charge in [-0.3, -0.25) is 4.98 Å². The number of nitrogens with zero attached hydrogens (tertiary/aromatic N) is 1. The van der Waals surface area contributed by atoms with Gasteiger partial charge in [-0.15, -0.1) is 0 Å². The van der Waals surface area contributed by atoms with E-state index in [4.69, 9.17) is 30.9 Å². The highest BCUT2D eigenvalue weighted by Gasteiger charge is 2.15. The van der Waals surface area contributed by atoms with Gasteiger partial charge in [0.1, 0.15) is 16.5 Å². The van der Waals surface area contributed by atoms with Crippen LogP contribution >= 0.6 is 11.6 Å². The molecule has 2 amide bonds. The lowest BCUT2D eigenvalue weighted by Gasteiger charge is -2.15. The minimum Gasteiger partial charge on any atom is -0.493 e. The maximum atomic E-state index is 12.0. The number of urea groups is 1. The second-order valence-corrected chi connectivity index (χ2v) is 7.23. The van der Waals surface area contributed by atoms with Gasteiger partial charge in [-0.2, -0.15) is 0 Å². The average Bonchev–Trinajstić information content (AvgIpc) is 2.80. The van der Waals surface area contributed by atoms with Gasteiger partial charge in [0.25, 0.3) is 0 Å². The monoisotopic (exact) mass is 459 g/mol. The number of benzene rings is 2. The molecule has 0 aliphatic heterocycles. The molecule has 0 bridgehead atoms. The number of carbonyl (C=O) groups excluding carboxylic acids is 1. The fourth-order valence-electron chi connectivity index (χ4n) is 2.95. The van der Waals surface area contributed by atoms with E-state index < -0.39 is 0 Å². The summed E-state index contributed by atoms with van der Waals surface area (Å²) in [4.78, 5) is 16.4. The molecule has 8 nitrogen and oxygen atoms in total. The predicted octanol–water partition coefficient (Wildman–Crippen LogP) is 4.98. The molecule has 0 fully saturated rings. The van der Waals surface area contributed by atoms with Gasteiger partial charge in [-0.25, -0.2) is 4.79 Å². The second-order valence-electron chi connectivity index (χ2n) is 6.86. The zero-order valence-electron chi connectivity index (χ0n) is 18.0. The molecule has 9 heteroatoms. The molecule has 0 radical (unpaired) electrons. The molecule has 3 N–H and O–H groups in total. The third-order valence-electron chi connectivity index (χ3n) is 4.51. The molecule has 3 aromatic rings. The summed E-state index contributed by atoms with van der Waals surface area (Å²) in [5, 5.41) is 15.4. The number of carbonyl (C=O) groups is 1. The summed E-state index contributed by atoms with van der Waals surface area (Å²) in [6.07, 6.45) is 2.96. The first-order valence-electron chi connectivity index (χ1n) is 10.3. The van der Waals surface area contributed by atoms with Crippen LogP contribution in [-0.4, -0.2) is 43.0 Å². The van der Waals surface area contributed by atoms with Crippen molar-refractivity contribution in [2.75, 3.05) is 32.2 Å². The van der Waals surface area contributed by atoms with Crippen molar-refractivity contribution in [3.05, 3.63) is 47.6 Å². The Kier molecular flexibility index (Phi) is 8.35. The quantitative estimate of drug-likeness (QED) is 0.369. The number of ether oxygens (including phenoxy) is 3. The lowest BCUT2D eigenvalue weighted by molar-refractivity contribution is 0.228. The van der Waals surface area contributed by atoms with Crippen LogP contribution in [0.1, 0.15) is 19.8 Å². The Bertz CT molecular complexity index is 1080. The smallest absolute Gasteiger partial charge is 0.319 e. The Morgan fingerprint density at radius 3 is 2.75 bits per heavy atom. The van der Waals surface area contributed by atoms with Crippen LogP contribution in [0, 0.1) is 0 Å². The maximum Gasteiger partial charge on any atom is 0.319 e. The predicted molar refractivity (Wildman–Crippen MR) is 124 cm³/mol. The molecule has 0 unspecified atom stereocenters. The molecule has 2 aromatic carbocycles. The van der Waals surface area contributed by atoms with Crippen molar-refractivity contribution in [1.29, 1.82) is 0 Å². The number of hydrogen-bond donors (Lipinski definition) is 3. The van der Waals surface area contributed by atoms with Crippen LogP contribution in [0.2, 0.25) is 5.02 Å². The van der Waals surface area contributed by atoms with Crippen molar-refractivity contribution >= 4 is 34.2 Å². The number of fused-ring (bicyclic) bond motifs is 1.